The first-order valence-corrected chi connectivity index (χ1v) is 8.88. The third-order valence-electron chi connectivity index (χ3n) is 4.11. The third kappa shape index (κ3) is 7.08. The minimum absolute atomic E-state index is 0.131. The molecule has 0 radical (unpaired) electrons. The standard InChI is InChI=1S/C21H28N2O2/c1-17-9-11-19(12-10-17)20(22)21(24)23-14-5-6-15-25-16-13-18-7-3-2-4-8-18/h2-4,7-12,20H,5-6,13-16,22H2,1H3,(H,23,24). The van der Waals surface area contributed by atoms with Crippen molar-refractivity contribution in [3.8, 4) is 0 Å². The number of amides is 1. The van der Waals surface area contributed by atoms with Crippen molar-refractivity contribution in [2.75, 3.05) is 19.8 Å². The van der Waals surface area contributed by atoms with Crippen molar-refractivity contribution in [3.63, 3.8) is 0 Å². The molecule has 0 heterocycles. The third-order valence-corrected chi connectivity index (χ3v) is 4.11. The van der Waals surface area contributed by atoms with Crippen LogP contribution < -0.4 is 11.1 Å². The number of carbonyl (C=O) groups excluding carboxylic acids is 1. The van der Waals surface area contributed by atoms with E-state index >= 15 is 0 Å². The second-order valence-corrected chi connectivity index (χ2v) is 6.23. The van der Waals surface area contributed by atoms with Crippen molar-refractivity contribution in [1.82, 2.24) is 5.32 Å². The molecule has 1 amide bonds. The Morgan fingerprint density at radius 2 is 1.76 bits per heavy atom. The fourth-order valence-electron chi connectivity index (χ4n) is 2.51. The van der Waals surface area contributed by atoms with Crippen LogP contribution in [0.1, 0.15) is 35.6 Å². The molecule has 2 aromatic rings. The summed E-state index contributed by atoms with van der Waals surface area (Å²) in [7, 11) is 0. The van der Waals surface area contributed by atoms with Gasteiger partial charge in [0.15, 0.2) is 0 Å². The predicted molar refractivity (Wildman–Crippen MR) is 101 cm³/mol. The van der Waals surface area contributed by atoms with Gasteiger partial charge in [-0.15, -0.1) is 0 Å². The van der Waals surface area contributed by atoms with Crippen LogP contribution >= 0.6 is 0 Å². The average molecular weight is 340 g/mol. The minimum atomic E-state index is -0.609. The van der Waals surface area contributed by atoms with Gasteiger partial charge >= 0.3 is 0 Å². The van der Waals surface area contributed by atoms with Gasteiger partial charge in [-0.05, 0) is 37.3 Å². The van der Waals surface area contributed by atoms with Crippen LogP contribution in [0, 0.1) is 6.92 Å². The maximum Gasteiger partial charge on any atom is 0.241 e. The number of aryl methyl sites for hydroxylation is 1. The molecule has 0 aromatic heterocycles. The van der Waals surface area contributed by atoms with E-state index in [-0.39, 0.29) is 5.91 Å². The van der Waals surface area contributed by atoms with E-state index in [1.807, 2.05) is 49.4 Å². The number of hydrogen-bond acceptors (Lipinski definition) is 3. The lowest BCUT2D eigenvalue weighted by Gasteiger charge is -2.13. The lowest BCUT2D eigenvalue weighted by atomic mass is 10.1. The SMILES string of the molecule is Cc1ccc(C(N)C(=O)NCCCCOCCc2ccccc2)cc1. The van der Waals surface area contributed by atoms with Crippen LogP contribution in [0.15, 0.2) is 54.6 Å². The molecular weight excluding hydrogens is 312 g/mol. The van der Waals surface area contributed by atoms with E-state index < -0.39 is 6.04 Å². The number of nitrogens with two attached hydrogens (primary N) is 1. The van der Waals surface area contributed by atoms with Crippen molar-refractivity contribution >= 4 is 5.91 Å². The Hall–Kier alpha value is -2.17. The lowest BCUT2D eigenvalue weighted by molar-refractivity contribution is -0.122. The molecule has 3 N–H and O–H groups in total. The maximum absolute atomic E-state index is 12.1. The zero-order valence-corrected chi connectivity index (χ0v) is 14.9. The number of ether oxygens (including phenoxy) is 1. The van der Waals surface area contributed by atoms with Gasteiger partial charge < -0.3 is 15.8 Å². The number of carbonyl (C=O) groups is 1. The molecule has 2 rings (SSSR count). The van der Waals surface area contributed by atoms with E-state index in [2.05, 4.69) is 17.4 Å². The van der Waals surface area contributed by atoms with Gasteiger partial charge in [-0.25, -0.2) is 0 Å². The fraction of sp³-hybridized carbons (Fsp3) is 0.381. The Balaban J connectivity index is 1.52. The molecule has 0 aliphatic rings. The molecule has 25 heavy (non-hydrogen) atoms. The summed E-state index contributed by atoms with van der Waals surface area (Å²) < 4.78 is 5.64. The summed E-state index contributed by atoms with van der Waals surface area (Å²) in [6, 6.07) is 17.4. The largest absolute Gasteiger partial charge is 0.381 e. The van der Waals surface area contributed by atoms with Crippen LogP contribution in [-0.2, 0) is 16.0 Å². The van der Waals surface area contributed by atoms with E-state index in [0.29, 0.717) is 13.2 Å². The van der Waals surface area contributed by atoms with E-state index in [1.165, 1.54) is 5.56 Å². The zero-order valence-electron chi connectivity index (χ0n) is 14.9. The van der Waals surface area contributed by atoms with Crippen LogP contribution in [0.2, 0.25) is 0 Å². The Morgan fingerprint density at radius 1 is 1.04 bits per heavy atom. The molecule has 0 aliphatic heterocycles. The molecule has 0 bridgehead atoms. The molecule has 134 valence electrons. The first-order chi connectivity index (χ1) is 12.2. The van der Waals surface area contributed by atoms with Crippen LogP contribution in [0.4, 0.5) is 0 Å². The second-order valence-electron chi connectivity index (χ2n) is 6.23. The minimum Gasteiger partial charge on any atom is -0.381 e. The van der Waals surface area contributed by atoms with Crippen LogP contribution in [0.25, 0.3) is 0 Å². The molecule has 1 unspecified atom stereocenters. The van der Waals surface area contributed by atoms with Gasteiger partial charge in [-0.3, -0.25) is 4.79 Å². The van der Waals surface area contributed by atoms with E-state index in [1.54, 1.807) is 0 Å². The van der Waals surface area contributed by atoms with Gasteiger partial charge in [0.2, 0.25) is 5.91 Å². The van der Waals surface area contributed by atoms with Gasteiger partial charge in [0.05, 0.1) is 6.61 Å². The smallest absolute Gasteiger partial charge is 0.241 e. The van der Waals surface area contributed by atoms with E-state index in [4.69, 9.17) is 10.5 Å². The van der Waals surface area contributed by atoms with Gasteiger partial charge in [-0.1, -0.05) is 60.2 Å². The molecule has 0 saturated heterocycles. The number of hydrogen-bond donors (Lipinski definition) is 2. The molecule has 1 atom stereocenters. The van der Waals surface area contributed by atoms with Crippen molar-refractivity contribution in [2.45, 2.75) is 32.2 Å². The second kappa shape index (κ2) is 10.6. The first-order valence-electron chi connectivity index (χ1n) is 8.88. The Labute approximate surface area is 150 Å². The van der Waals surface area contributed by atoms with Crippen molar-refractivity contribution < 1.29 is 9.53 Å². The normalized spacial score (nSPS) is 11.9. The summed E-state index contributed by atoms with van der Waals surface area (Å²) >= 11 is 0. The number of nitrogens with one attached hydrogen (secondary N) is 1. The van der Waals surface area contributed by atoms with Crippen LogP contribution in [0.3, 0.4) is 0 Å². The Morgan fingerprint density at radius 3 is 2.48 bits per heavy atom. The summed E-state index contributed by atoms with van der Waals surface area (Å²) in [5.74, 6) is -0.131. The maximum atomic E-state index is 12.1. The fourth-order valence-corrected chi connectivity index (χ4v) is 2.51. The molecule has 0 aliphatic carbocycles. The molecule has 4 heteroatoms. The Kier molecular flexibility index (Phi) is 8.16. The highest BCUT2D eigenvalue weighted by Gasteiger charge is 2.14. The van der Waals surface area contributed by atoms with Crippen molar-refractivity contribution in [1.29, 1.82) is 0 Å². The highest BCUT2D eigenvalue weighted by molar-refractivity contribution is 5.82. The molecule has 2 aromatic carbocycles. The Bertz CT molecular complexity index is 626. The average Bonchev–Trinajstić information content (AvgIpc) is 2.64. The van der Waals surface area contributed by atoms with Crippen molar-refractivity contribution in [3.05, 3.63) is 71.3 Å². The van der Waals surface area contributed by atoms with E-state index in [9.17, 15) is 4.79 Å². The molecule has 4 nitrogen and oxygen atoms in total. The van der Waals surface area contributed by atoms with Crippen LogP contribution in [0.5, 0.6) is 0 Å². The monoisotopic (exact) mass is 340 g/mol. The van der Waals surface area contributed by atoms with Crippen LogP contribution in [-0.4, -0.2) is 25.7 Å². The zero-order chi connectivity index (χ0) is 17.9. The molecule has 0 saturated carbocycles. The molecular formula is C21H28N2O2. The summed E-state index contributed by atoms with van der Waals surface area (Å²) in [5.41, 5.74) is 9.28. The lowest BCUT2D eigenvalue weighted by Crippen LogP contribution is -2.34. The highest BCUT2D eigenvalue weighted by atomic mass is 16.5. The highest BCUT2D eigenvalue weighted by Crippen LogP contribution is 2.11. The quantitative estimate of drug-likeness (QED) is 0.653. The topological polar surface area (TPSA) is 64.4 Å². The van der Waals surface area contributed by atoms with Gasteiger partial charge in [0.25, 0.3) is 0 Å². The summed E-state index contributed by atoms with van der Waals surface area (Å²) in [5, 5.41) is 2.89. The van der Waals surface area contributed by atoms with Gasteiger partial charge in [-0.2, -0.15) is 0 Å². The predicted octanol–water partition coefficient (Wildman–Crippen LogP) is 3.15. The number of benzene rings is 2. The molecule has 0 spiro atoms. The molecule has 0 fully saturated rings. The first kappa shape index (κ1) is 19.2. The summed E-state index contributed by atoms with van der Waals surface area (Å²) in [6.07, 6.45) is 2.75. The summed E-state index contributed by atoms with van der Waals surface area (Å²) in [4.78, 5) is 12.1. The van der Waals surface area contributed by atoms with Gasteiger partial charge in [0.1, 0.15) is 6.04 Å². The summed E-state index contributed by atoms with van der Waals surface area (Å²) in [6.45, 7) is 4.08. The van der Waals surface area contributed by atoms with E-state index in [0.717, 1.165) is 37.0 Å². The number of rotatable bonds is 10. The van der Waals surface area contributed by atoms with Gasteiger partial charge in [0, 0.05) is 13.2 Å². The van der Waals surface area contributed by atoms with Crippen molar-refractivity contribution in [2.24, 2.45) is 5.73 Å². The number of unbranched alkanes of at least 4 members (excludes halogenated alkanes) is 1.